The van der Waals surface area contributed by atoms with E-state index in [9.17, 15) is 0 Å². The van der Waals surface area contributed by atoms with Gasteiger partial charge in [-0.15, -0.1) is 0 Å². The molecular weight excluding hydrogens is 132 g/mol. The molecule has 2 rings (SSSR count). The van der Waals surface area contributed by atoms with Gasteiger partial charge in [0.25, 0.3) is 0 Å². The van der Waals surface area contributed by atoms with Crippen molar-refractivity contribution in [3.63, 3.8) is 0 Å². The van der Waals surface area contributed by atoms with Gasteiger partial charge in [0.05, 0.1) is 0 Å². The van der Waals surface area contributed by atoms with Gasteiger partial charge in [-0.2, -0.15) is 0 Å². The molecule has 4 unspecified atom stereocenters. The Morgan fingerprint density at radius 1 is 1.36 bits per heavy atom. The molecule has 0 saturated heterocycles. The smallest absolute Gasteiger partial charge is 0.0168 e. The monoisotopic (exact) mass is 150 g/mol. The van der Waals surface area contributed by atoms with Gasteiger partial charge in [0.1, 0.15) is 0 Å². The van der Waals surface area contributed by atoms with Crippen molar-refractivity contribution in [3.8, 4) is 0 Å². The van der Waals surface area contributed by atoms with E-state index in [1.165, 1.54) is 6.42 Å². The normalized spacial score (nSPS) is 47.6. The van der Waals surface area contributed by atoms with Crippen molar-refractivity contribution in [2.24, 2.45) is 29.6 Å². The molecule has 0 aromatic carbocycles. The molecule has 4 atom stereocenters. The van der Waals surface area contributed by atoms with Crippen LogP contribution in [-0.4, -0.2) is 0 Å². The zero-order valence-electron chi connectivity index (χ0n) is 7.75. The van der Waals surface area contributed by atoms with E-state index in [0.717, 1.165) is 29.6 Å². The Hall–Kier alpha value is -0.260. The quantitative estimate of drug-likeness (QED) is 0.531. The molecule has 2 saturated carbocycles. The molecule has 2 fully saturated rings. The van der Waals surface area contributed by atoms with E-state index >= 15 is 0 Å². The van der Waals surface area contributed by atoms with Gasteiger partial charge in [-0.05, 0) is 42.9 Å². The summed E-state index contributed by atoms with van der Waals surface area (Å²) in [6.07, 6.45) is 6.15. The fourth-order valence-electron chi connectivity index (χ4n) is 2.83. The maximum absolute atomic E-state index is 2.41. The van der Waals surface area contributed by atoms with Crippen LogP contribution in [0.5, 0.6) is 0 Å². The Labute approximate surface area is 69.7 Å². The molecular formula is C11H18. The minimum absolute atomic E-state index is 0.923. The first kappa shape index (κ1) is 7.39. The third-order valence-corrected chi connectivity index (χ3v) is 3.60. The molecule has 0 heterocycles. The lowest BCUT2D eigenvalue weighted by Crippen LogP contribution is -2.20. The molecule has 0 bridgehead atoms. The lowest BCUT2D eigenvalue weighted by molar-refractivity contribution is 0.212. The lowest BCUT2D eigenvalue weighted by Gasteiger charge is -2.28. The minimum Gasteiger partial charge on any atom is -0.0914 e. The van der Waals surface area contributed by atoms with Crippen LogP contribution in [0.2, 0.25) is 0 Å². The van der Waals surface area contributed by atoms with Crippen LogP contribution in [0.15, 0.2) is 12.2 Å². The van der Waals surface area contributed by atoms with Crippen molar-refractivity contribution in [1.29, 1.82) is 0 Å². The van der Waals surface area contributed by atoms with Gasteiger partial charge < -0.3 is 0 Å². The van der Waals surface area contributed by atoms with Crippen LogP contribution < -0.4 is 0 Å². The predicted molar refractivity (Wildman–Crippen MR) is 48.2 cm³/mol. The largest absolute Gasteiger partial charge is 0.0914 e. The topological polar surface area (TPSA) is 0 Å². The van der Waals surface area contributed by atoms with E-state index in [1.54, 1.807) is 0 Å². The van der Waals surface area contributed by atoms with E-state index in [0.29, 0.717) is 0 Å². The molecule has 2 aliphatic carbocycles. The number of allylic oxidation sites excluding steroid dienone is 2. The number of fused-ring (bicyclic) bond motifs is 1. The molecule has 0 N–H and O–H groups in total. The first-order valence-corrected chi connectivity index (χ1v) is 4.88. The summed E-state index contributed by atoms with van der Waals surface area (Å²) in [5.74, 6) is 5.14. The van der Waals surface area contributed by atoms with E-state index in [1.807, 2.05) is 0 Å². The van der Waals surface area contributed by atoms with E-state index < -0.39 is 0 Å². The van der Waals surface area contributed by atoms with Gasteiger partial charge in [0, 0.05) is 0 Å². The lowest BCUT2D eigenvalue weighted by atomic mass is 9.77. The first-order chi connectivity index (χ1) is 5.25. The Morgan fingerprint density at radius 3 is 2.55 bits per heavy atom. The van der Waals surface area contributed by atoms with Crippen molar-refractivity contribution in [2.75, 3.05) is 0 Å². The minimum atomic E-state index is 0.923. The van der Waals surface area contributed by atoms with Crippen LogP contribution in [0.1, 0.15) is 27.2 Å². The summed E-state index contributed by atoms with van der Waals surface area (Å²) in [5.41, 5.74) is 0. The van der Waals surface area contributed by atoms with Gasteiger partial charge in [0.15, 0.2) is 0 Å². The molecule has 11 heavy (non-hydrogen) atoms. The first-order valence-electron chi connectivity index (χ1n) is 4.88. The molecule has 0 aromatic rings. The Balaban J connectivity index is 1.90. The van der Waals surface area contributed by atoms with Crippen LogP contribution in [0.4, 0.5) is 0 Å². The van der Waals surface area contributed by atoms with Gasteiger partial charge in [0.2, 0.25) is 0 Å². The molecule has 2 aliphatic rings. The summed E-state index contributed by atoms with van der Waals surface area (Å²) in [6.45, 7) is 6.87. The van der Waals surface area contributed by atoms with Crippen LogP contribution >= 0.6 is 0 Å². The maximum atomic E-state index is 2.41. The molecule has 0 aromatic heterocycles. The Kier molecular flexibility index (Phi) is 1.59. The highest BCUT2D eigenvalue weighted by molar-refractivity contribution is 5.17. The molecule has 0 radical (unpaired) electrons. The summed E-state index contributed by atoms with van der Waals surface area (Å²) in [6, 6.07) is 0. The van der Waals surface area contributed by atoms with E-state index in [-0.39, 0.29) is 0 Å². The summed E-state index contributed by atoms with van der Waals surface area (Å²) >= 11 is 0. The fourth-order valence-corrected chi connectivity index (χ4v) is 2.83. The van der Waals surface area contributed by atoms with Crippen molar-refractivity contribution in [3.05, 3.63) is 12.2 Å². The van der Waals surface area contributed by atoms with Gasteiger partial charge in [-0.3, -0.25) is 0 Å². The van der Waals surface area contributed by atoms with Crippen LogP contribution in [0.25, 0.3) is 0 Å². The fraction of sp³-hybridized carbons (Fsp3) is 0.818. The van der Waals surface area contributed by atoms with Crippen LogP contribution in [0.3, 0.4) is 0 Å². The molecule has 0 heteroatoms. The van der Waals surface area contributed by atoms with Crippen LogP contribution in [0, 0.1) is 29.6 Å². The van der Waals surface area contributed by atoms with Gasteiger partial charge >= 0.3 is 0 Å². The number of hydrogen-bond donors (Lipinski definition) is 0. The second-order valence-corrected chi connectivity index (χ2v) is 4.49. The van der Waals surface area contributed by atoms with Crippen molar-refractivity contribution >= 4 is 0 Å². The second-order valence-electron chi connectivity index (χ2n) is 4.49. The SMILES string of the molecule is CC=CC1C2CC(C(C)C)C12. The highest BCUT2D eigenvalue weighted by atomic mass is 14.7. The summed E-state index contributed by atoms with van der Waals surface area (Å²) < 4.78 is 0. The molecule has 0 amide bonds. The number of hydrogen-bond acceptors (Lipinski definition) is 0. The average Bonchev–Trinajstić information content (AvgIpc) is 2.33. The van der Waals surface area contributed by atoms with E-state index in [2.05, 4.69) is 32.9 Å². The van der Waals surface area contributed by atoms with Crippen LogP contribution in [-0.2, 0) is 0 Å². The van der Waals surface area contributed by atoms with E-state index in [4.69, 9.17) is 0 Å². The second kappa shape index (κ2) is 2.36. The van der Waals surface area contributed by atoms with Crippen molar-refractivity contribution in [1.82, 2.24) is 0 Å². The standard InChI is InChI=1S/C11H18/c1-4-5-8-10-6-9(7(2)3)11(8)10/h4-5,7-11H,6H2,1-3H3. The highest BCUT2D eigenvalue weighted by Gasteiger charge is 2.61. The molecule has 0 spiro atoms. The zero-order chi connectivity index (χ0) is 8.01. The third kappa shape index (κ3) is 0.953. The number of rotatable bonds is 2. The zero-order valence-corrected chi connectivity index (χ0v) is 7.75. The summed E-state index contributed by atoms with van der Waals surface area (Å²) in [7, 11) is 0. The summed E-state index contributed by atoms with van der Waals surface area (Å²) in [4.78, 5) is 0. The predicted octanol–water partition coefficient (Wildman–Crippen LogP) is 3.10. The van der Waals surface area contributed by atoms with Gasteiger partial charge in [-0.25, -0.2) is 0 Å². The Morgan fingerprint density at radius 2 is 2.09 bits per heavy atom. The molecule has 0 aliphatic heterocycles. The molecule has 0 nitrogen and oxygen atoms in total. The van der Waals surface area contributed by atoms with Crippen molar-refractivity contribution < 1.29 is 0 Å². The van der Waals surface area contributed by atoms with Gasteiger partial charge in [-0.1, -0.05) is 26.0 Å². The molecule has 62 valence electrons. The average molecular weight is 150 g/mol. The third-order valence-electron chi connectivity index (χ3n) is 3.60. The maximum Gasteiger partial charge on any atom is -0.0168 e. The highest BCUT2D eigenvalue weighted by Crippen LogP contribution is 2.67. The van der Waals surface area contributed by atoms with Crippen molar-refractivity contribution in [2.45, 2.75) is 27.2 Å². The Bertz CT molecular complexity index is 178. The summed E-state index contributed by atoms with van der Waals surface area (Å²) in [5, 5.41) is 0.